The summed E-state index contributed by atoms with van der Waals surface area (Å²) in [7, 11) is 0. The second-order valence-corrected chi connectivity index (χ2v) is 8.48. The van der Waals surface area contributed by atoms with Crippen LogP contribution in [0.1, 0.15) is 29.5 Å². The summed E-state index contributed by atoms with van der Waals surface area (Å²) in [6.45, 7) is 3.08. The molecule has 0 spiro atoms. The first-order valence-electron chi connectivity index (χ1n) is 9.79. The molecule has 8 nitrogen and oxygen atoms in total. The van der Waals surface area contributed by atoms with Gasteiger partial charge in [-0.1, -0.05) is 47.1 Å². The van der Waals surface area contributed by atoms with E-state index in [0.717, 1.165) is 5.82 Å². The van der Waals surface area contributed by atoms with Crippen LogP contribution < -0.4 is 4.74 Å². The topological polar surface area (TPSA) is 100 Å². The molecule has 0 amide bonds. The lowest BCUT2D eigenvalue weighted by Crippen LogP contribution is -2.08. The summed E-state index contributed by atoms with van der Waals surface area (Å²) in [6.07, 6.45) is 1.35. The molecule has 0 aliphatic carbocycles. The Morgan fingerprint density at radius 1 is 1.22 bits per heavy atom. The Hall–Kier alpha value is -2.62. The number of nitro benzene ring substituents is 1. The van der Waals surface area contributed by atoms with Crippen LogP contribution in [-0.2, 0) is 13.0 Å². The van der Waals surface area contributed by atoms with Crippen molar-refractivity contribution in [1.29, 1.82) is 0 Å². The summed E-state index contributed by atoms with van der Waals surface area (Å²) in [5.74, 6) is 1.27. The van der Waals surface area contributed by atoms with E-state index >= 15 is 0 Å². The maximum Gasteiger partial charge on any atom is 0.270 e. The molecule has 3 rings (SSSR count). The van der Waals surface area contributed by atoms with E-state index in [-0.39, 0.29) is 17.2 Å². The van der Waals surface area contributed by atoms with Crippen molar-refractivity contribution in [3.8, 4) is 5.75 Å². The molecule has 0 radical (unpaired) electrons. The number of ketones is 1. The van der Waals surface area contributed by atoms with E-state index in [1.54, 1.807) is 24.3 Å². The molecular formula is C21H20Cl2N4O4S. The second-order valence-electron chi connectivity index (χ2n) is 6.69. The molecule has 3 aromatic rings. The average Bonchev–Trinajstić information content (AvgIpc) is 3.18. The smallest absolute Gasteiger partial charge is 0.270 e. The summed E-state index contributed by atoms with van der Waals surface area (Å²) in [4.78, 5) is 22.8. The molecule has 0 N–H and O–H groups in total. The van der Waals surface area contributed by atoms with E-state index in [1.807, 2.05) is 11.5 Å². The Balaban J connectivity index is 1.54. The van der Waals surface area contributed by atoms with Gasteiger partial charge in [0.05, 0.1) is 22.3 Å². The Morgan fingerprint density at radius 2 is 2.03 bits per heavy atom. The Kier molecular flexibility index (Phi) is 8.49. The minimum absolute atomic E-state index is 0.109. The molecule has 0 atom stereocenters. The van der Waals surface area contributed by atoms with Crippen molar-refractivity contribution in [3.05, 3.63) is 74.0 Å². The third-order valence-electron chi connectivity index (χ3n) is 4.52. The number of benzene rings is 2. The van der Waals surface area contributed by atoms with Crippen LogP contribution in [0.4, 0.5) is 5.69 Å². The minimum Gasteiger partial charge on any atom is -0.492 e. The highest BCUT2D eigenvalue weighted by atomic mass is 35.5. The van der Waals surface area contributed by atoms with E-state index in [1.165, 1.54) is 30.0 Å². The molecule has 0 aliphatic heterocycles. The number of hydrogen-bond acceptors (Lipinski definition) is 7. The molecular weight excluding hydrogens is 475 g/mol. The van der Waals surface area contributed by atoms with Gasteiger partial charge in [-0.05, 0) is 31.5 Å². The molecule has 2 aromatic carbocycles. The van der Waals surface area contributed by atoms with E-state index in [9.17, 15) is 14.9 Å². The lowest BCUT2D eigenvalue weighted by molar-refractivity contribution is -0.384. The minimum atomic E-state index is -0.519. The van der Waals surface area contributed by atoms with E-state index in [4.69, 9.17) is 27.9 Å². The molecule has 1 heterocycles. The van der Waals surface area contributed by atoms with Crippen molar-refractivity contribution < 1.29 is 14.5 Å². The molecule has 0 unspecified atom stereocenters. The Labute approximate surface area is 199 Å². The number of aromatic nitrogens is 3. The predicted octanol–water partition coefficient (Wildman–Crippen LogP) is 5.50. The number of nitrogens with zero attached hydrogens (tertiary/aromatic N) is 4. The summed E-state index contributed by atoms with van der Waals surface area (Å²) < 4.78 is 7.65. The maximum absolute atomic E-state index is 12.5. The Morgan fingerprint density at radius 3 is 2.75 bits per heavy atom. The lowest BCUT2D eigenvalue weighted by atomic mass is 10.1. The summed E-state index contributed by atoms with van der Waals surface area (Å²) >= 11 is 13.2. The van der Waals surface area contributed by atoms with Crippen molar-refractivity contribution in [2.24, 2.45) is 0 Å². The van der Waals surface area contributed by atoms with Crippen LogP contribution in [0.5, 0.6) is 5.75 Å². The summed E-state index contributed by atoms with van der Waals surface area (Å²) in [6, 6.07) is 10.8. The van der Waals surface area contributed by atoms with Crippen molar-refractivity contribution >= 4 is 46.4 Å². The normalized spacial score (nSPS) is 10.8. The van der Waals surface area contributed by atoms with E-state index < -0.39 is 4.92 Å². The number of nitro groups is 1. The number of carbonyl (C=O) groups excluding carboxylic acids is 1. The van der Waals surface area contributed by atoms with Crippen LogP contribution in [0.25, 0.3) is 0 Å². The van der Waals surface area contributed by atoms with Crippen LogP contribution >= 0.6 is 35.0 Å². The number of aryl methyl sites for hydroxylation is 1. The molecule has 0 bridgehead atoms. The number of ether oxygens (including phenoxy) is 1. The maximum atomic E-state index is 12.5. The molecule has 0 fully saturated rings. The highest BCUT2D eigenvalue weighted by Crippen LogP contribution is 2.27. The largest absolute Gasteiger partial charge is 0.492 e. The first-order chi connectivity index (χ1) is 15.4. The van der Waals surface area contributed by atoms with Gasteiger partial charge < -0.3 is 9.30 Å². The van der Waals surface area contributed by atoms with Crippen molar-refractivity contribution in [2.45, 2.75) is 31.5 Å². The Bertz CT molecular complexity index is 1120. The van der Waals surface area contributed by atoms with Crippen LogP contribution in [0.2, 0.25) is 10.0 Å². The van der Waals surface area contributed by atoms with Gasteiger partial charge in [0.15, 0.2) is 10.9 Å². The van der Waals surface area contributed by atoms with Gasteiger partial charge in [-0.3, -0.25) is 14.9 Å². The molecule has 0 saturated heterocycles. The number of Topliss-reactive ketones (excluding diaryl/α,β-unsaturated/α-hetero) is 1. The fraction of sp³-hybridized carbons (Fsp3) is 0.286. The molecule has 11 heteroatoms. The zero-order valence-corrected chi connectivity index (χ0v) is 19.5. The summed E-state index contributed by atoms with van der Waals surface area (Å²) in [5.41, 5.74) is 0.189. The van der Waals surface area contributed by atoms with Crippen LogP contribution in [0, 0.1) is 10.1 Å². The van der Waals surface area contributed by atoms with Gasteiger partial charge in [0.1, 0.15) is 11.6 Å². The molecule has 0 saturated carbocycles. The van der Waals surface area contributed by atoms with Gasteiger partial charge in [-0.25, -0.2) is 0 Å². The standard InChI is InChI=1S/C21H20Cl2N4O4S/c1-2-26-20(7-4-10-31-19-9-8-15(22)12-17(19)23)24-25-21(26)32-13-18(28)14-5-3-6-16(11-14)27(29)30/h3,5-6,8-9,11-12H,2,4,7,10,13H2,1H3. The fourth-order valence-corrected chi connectivity index (χ4v) is 4.32. The predicted molar refractivity (Wildman–Crippen MR) is 124 cm³/mol. The van der Waals surface area contributed by atoms with E-state index in [2.05, 4.69) is 10.2 Å². The van der Waals surface area contributed by atoms with Gasteiger partial charge >= 0.3 is 0 Å². The third kappa shape index (κ3) is 6.21. The quantitative estimate of drug-likeness (QED) is 0.114. The SMILES string of the molecule is CCn1c(CCCOc2ccc(Cl)cc2Cl)nnc1SCC(=O)c1cccc([N+](=O)[O-])c1. The molecule has 0 aliphatic rings. The van der Waals surface area contributed by atoms with Crippen LogP contribution in [-0.4, -0.2) is 37.8 Å². The van der Waals surface area contributed by atoms with Gasteiger partial charge in [0, 0.05) is 35.7 Å². The van der Waals surface area contributed by atoms with Crippen molar-refractivity contribution in [3.63, 3.8) is 0 Å². The first-order valence-corrected chi connectivity index (χ1v) is 11.5. The number of halogens is 2. The van der Waals surface area contributed by atoms with Gasteiger partial charge in [0.2, 0.25) is 0 Å². The van der Waals surface area contributed by atoms with Gasteiger partial charge in [0.25, 0.3) is 5.69 Å². The fourth-order valence-electron chi connectivity index (χ4n) is 2.94. The number of carbonyl (C=O) groups is 1. The van der Waals surface area contributed by atoms with Crippen molar-refractivity contribution in [2.75, 3.05) is 12.4 Å². The average molecular weight is 495 g/mol. The number of non-ortho nitro benzene ring substituents is 1. The van der Waals surface area contributed by atoms with E-state index in [0.29, 0.717) is 52.5 Å². The van der Waals surface area contributed by atoms with Gasteiger partial charge in [-0.2, -0.15) is 0 Å². The second kappa shape index (κ2) is 11.3. The van der Waals surface area contributed by atoms with Crippen LogP contribution in [0.15, 0.2) is 47.6 Å². The number of thioether (sulfide) groups is 1. The molecule has 32 heavy (non-hydrogen) atoms. The van der Waals surface area contributed by atoms with Crippen molar-refractivity contribution in [1.82, 2.24) is 14.8 Å². The van der Waals surface area contributed by atoms with Crippen LogP contribution in [0.3, 0.4) is 0 Å². The van der Waals surface area contributed by atoms with Gasteiger partial charge in [-0.15, -0.1) is 10.2 Å². The zero-order valence-electron chi connectivity index (χ0n) is 17.2. The molecule has 1 aromatic heterocycles. The highest BCUT2D eigenvalue weighted by molar-refractivity contribution is 7.99. The lowest BCUT2D eigenvalue weighted by Gasteiger charge is -2.09. The number of rotatable bonds is 11. The monoisotopic (exact) mass is 494 g/mol. The first kappa shape index (κ1) is 24.0. The highest BCUT2D eigenvalue weighted by Gasteiger charge is 2.16. The third-order valence-corrected chi connectivity index (χ3v) is 6.01. The summed E-state index contributed by atoms with van der Waals surface area (Å²) in [5, 5.41) is 21.0. The molecule has 168 valence electrons. The number of hydrogen-bond donors (Lipinski definition) is 0. The zero-order chi connectivity index (χ0) is 23.1.